The van der Waals surface area contributed by atoms with Crippen LogP contribution < -0.4 is 5.32 Å². The third kappa shape index (κ3) is 4.86. The molecule has 1 saturated heterocycles. The molecule has 1 atom stereocenters. The van der Waals surface area contributed by atoms with E-state index in [-0.39, 0.29) is 11.7 Å². The first-order valence-corrected chi connectivity index (χ1v) is 8.31. The summed E-state index contributed by atoms with van der Waals surface area (Å²) in [7, 11) is 0. The Hall–Kier alpha value is -2.27. The van der Waals surface area contributed by atoms with Gasteiger partial charge in [-0.2, -0.15) is 0 Å². The topological polar surface area (TPSA) is 45.2 Å². The number of carbonyl (C=O) groups is 1. The predicted molar refractivity (Wildman–Crippen MR) is 90.7 cm³/mol. The van der Waals surface area contributed by atoms with Gasteiger partial charge in [-0.15, -0.1) is 0 Å². The van der Waals surface area contributed by atoms with Crippen LogP contribution in [0.5, 0.6) is 0 Å². The van der Waals surface area contributed by atoms with Crippen molar-refractivity contribution < 1.29 is 9.18 Å². The van der Waals surface area contributed by atoms with E-state index in [1.54, 1.807) is 24.5 Å². The number of benzene rings is 1. The maximum absolute atomic E-state index is 13.2. The SMILES string of the molecule is O=C(Cc1ccncc1)NC[C@@H]1CCN(Cc2cccc(F)c2)C1. The summed E-state index contributed by atoms with van der Waals surface area (Å²) in [6.07, 6.45) is 4.85. The zero-order valence-corrected chi connectivity index (χ0v) is 13.6. The van der Waals surface area contributed by atoms with Gasteiger partial charge in [0, 0.05) is 32.0 Å². The molecule has 0 aliphatic carbocycles. The van der Waals surface area contributed by atoms with Crippen LogP contribution in [0.1, 0.15) is 17.5 Å². The highest BCUT2D eigenvalue weighted by molar-refractivity contribution is 5.78. The number of pyridine rings is 1. The van der Waals surface area contributed by atoms with Crippen molar-refractivity contribution in [2.24, 2.45) is 5.92 Å². The number of halogens is 1. The molecule has 0 saturated carbocycles. The summed E-state index contributed by atoms with van der Waals surface area (Å²) in [5, 5.41) is 3.02. The number of likely N-dealkylation sites (tertiary alicyclic amines) is 1. The molecule has 3 rings (SSSR count). The standard InChI is InChI=1S/C19H22FN3O/c20-18-3-1-2-16(10-18)13-23-9-6-17(14-23)12-22-19(24)11-15-4-7-21-8-5-15/h1-5,7-8,10,17H,6,9,11-14H2,(H,22,24)/t17-/m0/s1. The van der Waals surface area contributed by atoms with Crippen LogP contribution in [0.25, 0.3) is 0 Å². The van der Waals surface area contributed by atoms with E-state index in [0.717, 1.165) is 37.2 Å². The minimum atomic E-state index is -0.188. The number of nitrogens with one attached hydrogen (secondary N) is 1. The zero-order valence-electron chi connectivity index (χ0n) is 13.6. The van der Waals surface area contributed by atoms with Gasteiger partial charge in [-0.3, -0.25) is 14.7 Å². The van der Waals surface area contributed by atoms with Gasteiger partial charge in [0.25, 0.3) is 0 Å². The fourth-order valence-corrected chi connectivity index (χ4v) is 3.12. The van der Waals surface area contributed by atoms with E-state index in [1.807, 2.05) is 18.2 Å². The monoisotopic (exact) mass is 327 g/mol. The second-order valence-electron chi connectivity index (χ2n) is 6.36. The van der Waals surface area contributed by atoms with Crippen molar-refractivity contribution >= 4 is 5.91 Å². The highest BCUT2D eigenvalue weighted by atomic mass is 19.1. The van der Waals surface area contributed by atoms with E-state index in [4.69, 9.17) is 0 Å². The number of carbonyl (C=O) groups excluding carboxylic acids is 1. The maximum atomic E-state index is 13.2. The van der Waals surface area contributed by atoms with Crippen LogP contribution in [0.4, 0.5) is 4.39 Å². The van der Waals surface area contributed by atoms with Crippen LogP contribution in [-0.2, 0) is 17.8 Å². The van der Waals surface area contributed by atoms with Crippen LogP contribution in [0.2, 0.25) is 0 Å². The van der Waals surface area contributed by atoms with Crippen LogP contribution in [-0.4, -0.2) is 35.4 Å². The Morgan fingerprint density at radius 1 is 1.25 bits per heavy atom. The molecule has 1 N–H and O–H groups in total. The van der Waals surface area contributed by atoms with Crippen molar-refractivity contribution in [3.63, 3.8) is 0 Å². The Morgan fingerprint density at radius 3 is 2.88 bits per heavy atom. The highest BCUT2D eigenvalue weighted by Crippen LogP contribution is 2.18. The molecule has 0 unspecified atom stereocenters. The molecule has 0 spiro atoms. The fourth-order valence-electron chi connectivity index (χ4n) is 3.12. The molecular formula is C19H22FN3O. The Kier molecular flexibility index (Phi) is 5.54. The van der Waals surface area contributed by atoms with Crippen molar-refractivity contribution in [2.75, 3.05) is 19.6 Å². The average molecular weight is 327 g/mol. The molecule has 2 heterocycles. The van der Waals surface area contributed by atoms with E-state index >= 15 is 0 Å². The summed E-state index contributed by atoms with van der Waals surface area (Å²) in [5.41, 5.74) is 1.97. The third-order valence-corrected chi connectivity index (χ3v) is 4.37. The molecule has 24 heavy (non-hydrogen) atoms. The highest BCUT2D eigenvalue weighted by Gasteiger charge is 2.22. The lowest BCUT2D eigenvalue weighted by Gasteiger charge is -2.16. The number of rotatable bonds is 6. The normalized spacial score (nSPS) is 17.8. The molecule has 1 aliphatic rings. The van der Waals surface area contributed by atoms with Gasteiger partial charge in [0.1, 0.15) is 5.82 Å². The lowest BCUT2D eigenvalue weighted by atomic mass is 10.1. The first-order valence-electron chi connectivity index (χ1n) is 8.31. The molecule has 2 aromatic rings. The summed E-state index contributed by atoms with van der Waals surface area (Å²) in [6, 6.07) is 10.5. The van der Waals surface area contributed by atoms with E-state index in [1.165, 1.54) is 6.07 Å². The molecule has 1 amide bonds. The quantitative estimate of drug-likeness (QED) is 0.886. The van der Waals surface area contributed by atoms with E-state index < -0.39 is 0 Å². The predicted octanol–water partition coefficient (Wildman–Crippen LogP) is 2.40. The van der Waals surface area contributed by atoms with Crippen LogP contribution in [0.3, 0.4) is 0 Å². The van der Waals surface area contributed by atoms with E-state index in [0.29, 0.717) is 18.9 Å². The van der Waals surface area contributed by atoms with Crippen LogP contribution >= 0.6 is 0 Å². The molecule has 1 aliphatic heterocycles. The molecule has 0 bridgehead atoms. The minimum Gasteiger partial charge on any atom is -0.355 e. The van der Waals surface area contributed by atoms with Crippen molar-refractivity contribution in [1.82, 2.24) is 15.2 Å². The van der Waals surface area contributed by atoms with Gasteiger partial charge >= 0.3 is 0 Å². The summed E-state index contributed by atoms with van der Waals surface area (Å²) < 4.78 is 13.2. The van der Waals surface area contributed by atoms with Crippen molar-refractivity contribution in [3.8, 4) is 0 Å². The molecule has 5 heteroatoms. The molecule has 4 nitrogen and oxygen atoms in total. The number of aromatic nitrogens is 1. The van der Waals surface area contributed by atoms with E-state index in [2.05, 4.69) is 15.2 Å². The smallest absolute Gasteiger partial charge is 0.224 e. The molecule has 1 fully saturated rings. The van der Waals surface area contributed by atoms with Gasteiger partial charge in [0.2, 0.25) is 5.91 Å². The summed E-state index contributed by atoms with van der Waals surface area (Å²) in [5.74, 6) is 0.316. The number of nitrogens with zero attached hydrogens (tertiary/aromatic N) is 2. The van der Waals surface area contributed by atoms with Gasteiger partial charge in [0.05, 0.1) is 6.42 Å². The Labute approximate surface area is 141 Å². The zero-order chi connectivity index (χ0) is 16.8. The molecular weight excluding hydrogens is 305 g/mol. The summed E-state index contributed by atoms with van der Waals surface area (Å²) in [4.78, 5) is 18.3. The Bertz CT molecular complexity index is 677. The lowest BCUT2D eigenvalue weighted by molar-refractivity contribution is -0.120. The Balaban J connectivity index is 1.40. The molecule has 126 valence electrons. The van der Waals surface area contributed by atoms with E-state index in [9.17, 15) is 9.18 Å². The van der Waals surface area contributed by atoms with Crippen molar-refractivity contribution in [1.29, 1.82) is 0 Å². The molecule has 0 radical (unpaired) electrons. The van der Waals surface area contributed by atoms with Crippen molar-refractivity contribution in [3.05, 3.63) is 65.7 Å². The average Bonchev–Trinajstić information content (AvgIpc) is 3.01. The third-order valence-electron chi connectivity index (χ3n) is 4.37. The van der Waals surface area contributed by atoms with Gasteiger partial charge < -0.3 is 5.32 Å². The summed E-state index contributed by atoms with van der Waals surface area (Å²) in [6.45, 7) is 3.39. The maximum Gasteiger partial charge on any atom is 0.224 e. The minimum absolute atomic E-state index is 0.0461. The largest absolute Gasteiger partial charge is 0.355 e. The fraction of sp³-hybridized carbons (Fsp3) is 0.368. The number of hydrogen-bond donors (Lipinski definition) is 1. The second-order valence-corrected chi connectivity index (χ2v) is 6.36. The molecule has 1 aromatic carbocycles. The second kappa shape index (κ2) is 8.02. The lowest BCUT2D eigenvalue weighted by Crippen LogP contribution is -2.32. The van der Waals surface area contributed by atoms with Crippen LogP contribution in [0.15, 0.2) is 48.8 Å². The summed E-state index contributed by atoms with van der Waals surface area (Å²) >= 11 is 0. The van der Waals surface area contributed by atoms with Gasteiger partial charge in [0.15, 0.2) is 0 Å². The number of hydrogen-bond acceptors (Lipinski definition) is 3. The number of amides is 1. The van der Waals surface area contributed by atoms with Gasteiger partial charge in [-0.25, -0.2) is 4.39 Å². The van der Waals surface area contributed by atoms with Crippen LogP contribution in [0, 0.1) is 11.7 Å². The first kappa shape index (κ1) is 16.6. The van der Waals surface area contributed by atoms with Gasteiger partial charge in [-0.05, 0) is 54.3 Å². The van der Waals surface area contributed by atoms with Crippen molar-refractivity contribution in [2.45, 2.75) is 19.4 Å². The first-order chi connectivity index (χ1) is 11.7. The molecule has 1 aromatic heterocycles. The van der Waals surface area contributed by atoms with Gasteiger partial charge in [-0.1, -0.05) is 12.1 Å². The Morgan fingerprint density at radius 2 is 2.08 bits per heavy atom.